The van der Waals surface area contributed by atoms with Crippen molar-refractivity contribution in [1.29, 1.82) is 0 Å². The molecule has 0 aromatic heterocycles. The highest BCUT2D eigenvalue weighted by Crippen LogP contribution is 2.34. The summed E-state index contributed by atoms with van der Waals surface area (Å²) < 4.78 is 37.4. The van der Waals surface area contributed by atoms with Crippen LogP contribution in [0.15, 0.2) is 24.3 Å². The van der Waals surface area contributed by atoms with Crippen molar-refractivity contribution >= 4 is 0 Å². The van der Waals surface area contributed by atoms with Crippen molar-refractivity contribution in [1.82, 2.24) is 0 Å². The van der Waals surface area contributed by atoms with E-state index in [-0.39, 0.29) is 11.5 Å². The van der Waals surface area contributed by atoms with Crippen molar-refractivity contribution in [3.8, 4) is 0 Å². The molecular weight excluding hydrogens is 203 g/mol. The van der Waals surface area contributed by atoms with Crippen molar-refractivity contribution in [2.75, 3.05) is 0 Å². The van der Waals surface area contributed by atoms with Gasteiger partial charge in [0.05, 0.1) is 0 Å². The van der Waals surface area contributed by atoms with E-state index in [1.54, 1.807) is 18.2 Å². The second-order valence-electron chi connectivity index (χ2n) is 3.80. The summed E-state index contributed by atoms with van der Waals surface area (Å²) in [5.41, 5.74) is 6.01. The third-order valence-corrected chi connectivity index (χ3v) is 2.31. The quantitative estimate of drug-likeness (QED) is 0.807. The van der Waals surface area contributed by atoms with Crippen LogP contribution in [0.25, 0.3) is 0 Å². The van der Waals surface area contributed by atoms with Crippen molar-refractivity contribution in [2.45, 2.75) is 32.0 Å². The van der Waals surface area contributed by atoms with Gasteiger partial charge in [-0.1, -0.05) is 38.1 Å². The Labute approximate surface area is 87.1 Å². The average Bonchev–Trinajstić information content (AvgIpc) is 2.15. The van der Waals surface area contributed by atoms with E-state index >= 15 is 0 Å². The van der Waals surface area contributed by atoms with Gasteiger partial charge >= 0.3 is 6.18 Å². The number of benzene rings is 1. The first-order valence-corrected chi connectivity index (χ1v) is 4.75. The molecule has 0 bridgehead atoms. The van der Waals surface area contributed by atoms with Gasteiger partial charge in [0.25, 0.3) is 0 Å². The zero-order chi connectivity index (χ0) is 11.6. The molecule has 0 aliphatic rings. The second-order valence-corrected chi connectivity index (χ2v) is 3.80. The van der Waals surface area contributed by atoms with Gasteiger partial charge in [0, 0.05) is 0 Å². The molecule has 0 saturated heterocycles. The number of hydrogen-bond donors (Lipinski definition) is 1. The summed E-state index contributed by atoms with van der Waals surface area (Å²) in [4.78, 5) is 0. The zero-order valence-electron chi connectivity index (χ0n) is 8.68. The van der Waals surface area contributed by atoms with Crippen LogP contribution in [0, 0.1) is 0 Å². The number of rotatable bonds is 2. The van der Waals surface area contributed by atoms with Crippen LogP contribution in [0.4, 0.5) is 13.2 Å². The van der Waals surface area contributed by atoms with Crippen LogP contribution >= 0.6 is 0 Å². The van der Waals surface area contributed by atoms with Gasteiger partial charge in [0.2, 0.25) is 0 Å². The zero-order valence-corrected chi connectivity index (χ0v) is 8.68. The predicted octanol–water partition coefficient (Wildman–Crippen LogP) is 3.37. The van der Waals surface area contributed by atoms with Crippen molar-refractivity contribution in [2.24, 2.45) is 5.73 Å². The SMILES string of the molecule is CC(C)c1ccccc1C(N)C(F)(F)F. The van der Waals surface area contributed by atoms with Gasteiger partial charge in [-0.25, -0.2) is 0 Å². The molecule has 1 unspecified atom stereocenters. The molecule has 1 nitrogen and oxygen atoms in total. The van der Waals surface area contributed by atoms with E-state index in [1.165, 1.54) is 6.07 Å². The third-order valence-electron chi connectivity index (χ3n) is 2.31. The van der Waals surface area contributed by atoms with E-state index in [1.807, 2.05) is 13.8 Å². The Kier molecular flexibility index (Phi) is 3.39. The van der Waals surface area contributed by atoms with Gasteiger partial charge in [-0.05, 0) is 17.0 Å². The Bertz CT molecular complexity index is 331. The molecule has 0 aliphatic carbocycles. The summed E-state index contributed by atoms with van der Waals surface area (Å²) in [5.74, 6) is 0.0367. The Morgan fingerprint density at radius 1 is 1.07 bits per heavy atom. The monoisotopic (exact) mass is 217 g/mol. The number of alkyl halides is 3. The standard InChI is InChI=1S/C11H14F3N/c1-7(2)8-5-3-4-6-9(8)10(15)11(12,13)14/h3-7,10H,15H2,1-2H3. The minimum atomic E-state index is -4.38. The molecule has 0 radical (unpaired) electrons. The first-order valence-electron chi connectivity index (χ1n) is 4.75. The number of halogens is 3. The van der Waals surface area contributed by atoms with Crippen LogP contribution in [-0.4, -0.2) is 6.18 Å². The molecule has 1 rings (SSSR count). The average molecular weight is 217 g/mol. The van der Waals surface area contributed by atoms with Gasteiger partial charge in [0.1, 0.15) is 6.04 Å². The first-order chi connectivity index (χ1) is 6.84. The molecule has 0 amide bonds. The molecule has 4 heteroatoms. The number of nitrogens with two attached hydrogens (primary N) is 1. The molecular formula is C11H14F3N. The molecule has 0 fully saturated rings. The lowest BCUT2D eigenvalue weighted by Crippen LogP contribution is -2.29. The Hall–Kier alpha value is -1.03. The maximum absolute atomic E-state index is 12.5. The van der Waals surface area contributed by atoms with Gasteiger partial charge in [0.15, 0.2) is 0 Å². The predicted molar refractivity (Wildman–Crippen MR) is 53.5 cm³/mol. The minimum absolute atomic E-state index is 0.0367. The van der Waals surface area contributed by atoms with E-state index in [9.17, 15) is 13.2 Å². The molecule has 2 N–H and O–H groups in total. The largest absolute Gasteiger partial charge is 0.407 e. The number of hydrogen-bond acceptors (Lipinski definition) is 1. The molecule has 0 saturated carbocycles. The summed E-state index contributed by atoms with van der Waals surface area (Å²) in [6, 6.07) is 4.53. The van der Waals surface area contributed by atoms with Crippen LogP contribution in [0.3, 0.4) is 0 Å². The molecule has 0 aliphatic heterocycles. The van der Waals surface area contributed by atoms with E-state index in [4.69, 9.17) is 5.73 Å². The molecule has 1 aromatic carbocycles. The summed E-state index contributed by atoms with van der Waals surface area (Å²) in [6.07, 6.45) is -4.38. The summed E-state index contributed by atoms with van der Waals surface area (Å²) in [6.45, 7) is 3.70. The third kappa shape index (κ3) is 2.72. The van der Waals surface area contributed by atoms with E-state index in [2.05, 4.69) is 0 Å². The second kappa shape index (κ2) is 4.23. The van der Waals surface area contributed by atoms with E-state index in [0.717, 1.165) is 0 Å². The maximum atomic E-state index is 12.5. The Morgan fingerprint density at radius 2 is 1.53 bits per heavy atom. The van der Waals surface area contributed by atoms with Crippen LogP contribution in [0.5, 0.6) is 0 Å². The van der Waals surface area contributed by atoms with Gasteiger partial charge in [-0.2, -0.15) is 13.2 Å². The Balaban J connectivity index is 3.14. The lowest BCUT2D eigenvalue weighted by atomic mass is 9.93. The molecule has 1 aromatic rings. The smallest absolute Gasteiger partial charge is 0.316 e. The summed E-state index contributed by atoms with van der Waals surface area (Å²) in [5, 5.41) is 0. The van der Waals surface area contributed by atoms with Crippen molar-refractivity contribution in [3.63, 3.8) is 0 Å². The lowest BCUT2D eigenvalue weighted by molar-refractivity contribution is -0.149. The highest BCUT2D eigenvalue weighted by molar-refractivity contribution is 5.33. The molecule has 84 valence electrons. The van der Waals surface area contributed by atoms with Gasteiger partial charge < -0.3 is 5.73 Å². The van der Waals surface area contributed by atoms with Crippen LogP contribution < -0.4 is 5.73 Å². The summed E-state index contributed by atoms with van der Waals surface area (Å²) in [7, 11) is 0. The first kappa shape index (κ1) is 12.0. The molecule has 15 heavy (non-hydrogen) atoms. The van der Waals surface area contributed by atoms with Crippen LogP contribution in [0.2, 0.25) is 0 Å². The maximum Gasteiger partial charge on any atom is 0.407 e. The minimum Gasteiger partial charge on any atom is -0.316 e. The van der Waals surface area contributed by atoms with E-state index in [0.29, 0.717) is 5.56 Å². The fourth-order valence-electron chi connectivity index (χ4n) is 1.50. The van der Waals surface area contributed by atoms with Crippen molar-refractivity contribution < 1.29 is 13.2 Å². The fourth-order valence-corrected chi connectivity index (χ4v) is 1.50. The highest BCUT2D eigenvalue weighted by Gasteiger charge is 2.38. The van der Waals surface area contributed by atoms with Crippen molar-refractivity contribution in [3.05, 3.63) is 35.4 Å². The topological polar surface area (TPSA) is 26.0 Å². The van der Waals surface area contributed by atoms with Gasteiger partial charge in [-0.3, -0.25) is 0 Å². The van der Waals surface area contributed by atoms with Gasteiger partial charge in [-0.15, -0.1) is 0 Å². The van der Waals surface area contributed by atoms with Crippen LogP contribution in [0.1, 0.15) is 36.9 Å². The highest BCUT2D eigenvalue weighted by atomic mass is 19.4. The fraction of sp³-hybridized carbons (Fsp3) is 0.455. The molecule has 0 spiro atoms. The lowest BCUT2D eigenvalue weighted by Gasteiger charge is -2.20. The normalized spacial score (nSPS) is 14.3. The van der Waals surface area contributed by atoms with Crippen LogP contribution in [-0.2, 0) is 0 Å². The molecule has 1 atom stereocenters. The van der Waals surface area contributed by atoms with E-state index < -0.39 is 12.2 Å². The Morgan fingerprint density at radius 3 is 1.93 bits per heavy atom. The summed E-state index contributed by atoms with van der Waals surface area (Å²) >= 11 is 0. The molecule has 0 heterocycles.